The second kappa shape index (κ2) is 10.2. The number of allylic oxidation sites excluding steroid dienone is 1. The lowest BCUT2D eigenvalue weighted by atomic mass is 9.89. The third kappa shape index (κ3) is 4.38. The maximum Gasteiger partial charge on any atom is 0.130 e. The molecule has 6 aromatic rings. The Balaban J connectivity index is 1.17. The van der Waals surface area contributed by atoms with E-state index in [0.717, 1.165) is 22.8 Å². The maximum absolute atomic E-state index is 6.57. The summed E-state index contributed by atoms with van der Waals surface area (Å²) in [7, 11) is 0. The third-order valence-electron chi connectivity index (χ3n) is 8.39. The lowest BCUT2D eigenvalue weighted by molar-refractivity contribution is 0.268. The molecule has 0 saturated heterocycles. The van der Waals surface area contributed by atoms with Crippen molar-refractivity contribution in [3.05, 3.63) is 175 Å². The van der Waals surface area contributed by atoms with E-state index in [9.17, 15) is 0 Å². The minimum Gasteiger partial charge on any atom is -0.485 e. The van der Waals surface area contributed by atoms with Gasteiger partial charge in [-0.05, 0) is 81.6 Å². The summed E-state index contributed by atoms with van der Waals surface area (Å²) in [4.78, 5) is 2.33. The molecule has 1 aliphatic heterocycles. The van der Waals surface area contributed by atoms with E-state index in [4.69, 9.17) is 4.74 Å². The van der Waals surface area contributed by atoms with Crippen LogP contribution in [0.3, 0.4) is 0 Å². The average Bonchev–Trinajstić information content (AvgIpc) is 3.42. The van der Waals surface area contributed by atoms with E-state index in [-0.39, 0.29) is 12.0 Å². The fourth-order valence-corrected chi connectivity index (χ4v) is 6.24. The zero-order chi connectivity index (χ0) is 27.9. The van der Waals surface area contributed by atoms with Crippen LogP contribution in [0.25, 0.3) is 33.0 Å². The molecule has 200 valence electrons. The van der Waals surface area contributed by atoms with Gasteiger partial charge in [-0.2, -0.15) is 0 Å². The number of rotatable bonds is 5. The first-order valence-electron chi connectivity index (χ1n) is 14.5. The fourth-order valence-electron chi connectivity index (χ4n) is 6.24. The van der Waals surface area contributed by atoms with Crippen LogP contribution in [0.4, 0.5) is 11.4 Å². The summed E-state index contributed by atoms with van der Waals surface area (Å²) in [5.74, 6) is 1.19. The van der Waals surface area contributed by atoms with Gasteiger partial charge >= 0.3 is 0 Å². The highest BCUT2D eigenvalue weighted by Gasteiger charge is 2.34. The topological polar surface area (TPSA) is 12.5 Å². The van der Waals surface area contributed by atoms with Crippen molar-refractivity contribution in [2.75, 3.05) is 4.90 Å². The van der Waals surface area contributed by atoms with Crippen molar-refractivity contribution in [1.82, 2.24) is 0 Å². The number of hydrogen-bond acceptors (Lipinski definition) is 2. The molecular formula is C40H29NO. The first-order valence-corrected chi connectivity index (χ1v) is 14.5. The normalized spacial score (nSPS) is 16.8. The number of anilines is 2. The molecule has 0 amide bonds. The van der Waals surface area contributed by atoms with E-state index in [2.05, 4.69) is 169 Å². The monoisotopic (exact) mass is 539 g/mol. The molecule has 0 bridgehead atoms. The Hall–Kier alpha value is -5.34. The molecule has 0 aromatic heterocycles. The second-order valence-electron chi connectivity index (χ2n) is 11.0. The molecule has 0 N–H and O–H groups in total. The largest absolute Gasteiger partial charge is 0.485 e. The van der Waals surface area contributed by atoms with Crippen LogP contribution < -0.4 is 9.64 Å². The SMILES string of the molecule is C1=CC2c3cc4ccccc4cc3OC2C=C1N(c1ccc(-c2ccccc2)cc1)c1ccc(-c2ccccc2)cc1. The van der Waals surface area contributed by atoms with Crippen molar-refractivity contribution >= 4 is 22.1 Å². The summed E-state index contributed by atoms with van der Waals surface area (Å²) in [5.41, 5.74) is 9.42. The van der Waals surface area contributed by atoms with Gasteiger partial charge in [-0.1, -0.05) is 115 Å². The molecule has 1 heterocycles. The van der Waals surface area contributed by atoms with Gasteiger partial charge < -0.3 is 9.64 Å². The third-order valence-corrected chi connectivity index (χ3v) is 8.39. The first-order chi connectivity index (χ1) is 20.8. The lowest BCUT2D eigenvalue weighted by Gasteiger charge is -2.30. The van der Waals surface area contributed by atoms with E-state index >= 15 is 0 Å². The van der Waals surface area contributed by atoms with Crippen LogP contribution in [-0.4, -0.2) is 6.10 Å². The molecule has 1 aliphatic carbocycles. The molecule has 0 fully saturated rings. The van der Waals surface area contributed by atoms with Gasteiger partial charge in [0.05, 0.1) is 0 Å². The molecule has 6 aromatic carbocycles. The summed E-state index contributed by atoms with van der Waals surface area (Å²) in [6.07, 6.45) is 6.80. The Morgan fingerprint density at radius 2 is 1.00 bits per heavy atom. The van der Waals surface area contributed by atoms with Gasteiger partial charge in [-0.3, -0.25) is 0 Å². The summed E-state index contributed by atoms with van der Waals surface area (Å²) in [5, 5.41) is 2.46. The lowest BCUT2D eigenvalue weighted by Crippen LogP contribution is -2.24. The van der Waals surface area contributed by atoms with Crippen molar-refractivity contribution in [2.45, 2.75) is 12.0 Å². The summed E-state index contributed by atoms with van der Waals surface area (Å²) >= 11 is 0. The van der Waals surface area contributed by atoms with E-state index in [1.54, 1.807) is 0 Å². The Bertz CT molecular complexity index is 1860. The number of fused-ring (bicyclic) bond motifs is 4. The minimum atomic E-state index is -0.0495. The molecule has 2 aliphatic rings. The standard InChI is InChI=1S/C40H29NO/c1-3-9-28(10-4-1)30-15-19-34(20-16-30)41(35-21-17-31(18-22-35)29-11-5-2-6-12-29)36-23-24-37-38-25-32-13-7-8-14-33(32)26-39(38)42-40(37)27-36/h1-27,37,40H. The van der Waals surface area contributed by atoms with E-state index in [1.165, 1.54) is 38.6 Å². The molecule has 2 unspecified atom stereocenters. The van der Waals surface area contributed by atoms with E-state index in [1.807, 2.05) is 0 Å². The molecule has 8 rings (SSSR count). The number of benzene rings is 6. The van der Waals surface area contributed by atoms with Crippen LogP contribution in [0, 0.1) is 0 Å². The van der Waals surface area contributed by atoms with Crippen molar-refractivity contribution in [1.29, 1.82) is 0 Å². The Morgan fingerprint density at radius 3 is 1.57 bits per heavy atom. The second-order valence-corrected chi connectivity index (χ2v) is 11.0. The minimum absolute atomic E-state index is 0.0495. The van der Waals surface area contributed by atoms with Gasteiger partial charge in [0.25, 0.3) is 0 Å². The Morgan fingerprint density at radius 1 is 0.500 bits per heavy atom. The van der Waals surface area contributed by atoms with Crippen LogP contribution >= 0.6 is 0 Å². The highest BCUT2D eigenvalue weighted by Crippen LogP contribution is 2.45. The zero-order valence-electron chi connectivity index (χ0n) is 23.1. The van der Waals surface area contributed by atoms with Crippen molar-refractivity contribution < 1.29 is 4.74 Å². The van der Waals surface area contributed by atoms with Crippen LogP contribution in [0.5, 0.6) is 5.75 Å². The Kier molecular flexibility index (Phi) is 5.97. The highest BCUT2D eigenvalue weighted by atomic mass is 16.5. The predicted octanol–water partition coefficient (Wildman–Crippen LogP) is 10.3. The van der Waals surface area contributed by atoms with Crippen LogP contribution in [-0.2, 0) is 0 Å². The molecule has 0 spiro atoms. The summed E-state index contributed by atoms with van der Waals surface area (Å²) < 4.78 is 6.57. The van der Waals surface area contributed by atoms with Gasteiger partial charge in [0.15, 0.2) is 0 Å². The van der Waals surface area contributed by atoms with Crippen molar-refractivity contribution in [3.8, 4) is 28.0 Å². The van der Waals surface area contributed by atoms with Gasteiger partial charge in [-0.25, -0.2) is 0 Å². The van der Waals surface area contributed by atoms with Gasteiger partial charge in [0.1, 0.15) is 11.9 Å². The summed E-state index contributed by atoms with van der Waals surface area (Å²) in [6.45, 7) is 0. The van der Waals surface area contributed by atoms with E-state index < -0.39 is 0 Å². The molecule has 0 saturated carbocycles. The molecule has 42 heavy (non-hydrogen) atoms. The van der Waals surface area contributed by atoms with Crippen LogP contribution in [0.2, 0.25) is 0 Å². The first kappa shape index (κ1) is 24.5. The average molecular weight is 540 g/mol. The molecule has 2 heteroatoms. The number of nitrogens with zero attached hydrogens (tertiary/aromatic N) is 1. The van der Waals surface area contributed by atoms with Crippen LogP contribution in [0.1, 0.15) is 11.5 Å². The molecule has 0 radical (unpaired) electrons. The van der Waals surface area contributed by atoms with Crippen molar-refractivity contribution in [3.63, 3.8) is 0 Å². The van der Waals surface area contributed by atoms with Gasteiger partial charge in [0, 0.05) is 28.6 Å². The summed E-state index contributed by atoms with van der Waals surface area (Å²) in [6, 6.07) is 51.7. The molecule has 2 nitrogen and oxygen atoms in total. The van der Waals surface area contributed by atoms with Gasteiger partial charge in [-0.15, -0.1) is 0 Å². The zero-order valence-corrected chi connectivity index (χ0v) is 23.1. The maximum atomic E-state index is 6.57. The predicted molar refractivity (Wildman–Crippen MR) is 174 cm³/mol. The molecular weight excluding hydrogens is 510 g/mol. The smallest absolute Gasteiger partial charge is 0.130 e. The number of hydrogen-bond donors (Lipinski definition) is 0. The molecule has 2 atom stereocenters. The van der Waals surface area contributed by atoms with E-state index in [0.29, 0.717) is 0 Å². The fraction of sp³-hybridized carbons (Fsp3) is 0.0500. The Labute approximate surface area is 246 Å². The number of ether oxygens (including phenoxy) is 1. The van der Waals surface area contributed by atoms with Gasteiger partial charge in [0.2, 0.25) is 0 Å². The highest BCUT2D eigenvalue weighted by molar-refractivity contribution is 5.86. The quantitative estimate of drug-likeness (QED) is 0.216. The van der Waals surface area contributed by atoms with Crippen LogP contribution in [0.15, 0.2) is 170 Å². The van der Waals surface area contributed by atoms with Crippen molar-refractivity contribution in [2.24, 2.45) is 0 Å².